The number of fused-ring (bicyclic) bond motifs is 1. The summed E-state index contributed by atoms with van der Waals surface area (Å²) in [5.74, 6) is 2.68. The fourth-order valence-electron chi connectivity index (χ4n) is 2.23. The highest BCUT2D eigenvalue weighted by Crippen LogP contribution is 2.33. The van der Waals surface area contributed by atoms with Crippen LogP contribution in [0.25, 0.3) is 10.2 Å². The largest absolute Gasteiger partial charge is 0.495 e. The van der Waals surface area contributed by atoms with Gasteiger partial charge in [-0.05, 0) is 12.1 Å². The van der Waals surface area contributed by atoms with Crippen LogP contribution >= 0.6 is 22.9 Å². The molecule has 2 aromatic rings. The number of carbonyl (C=O) groups excluding carboxylic acids is 1. The van der Waals surface area contributed by atoms with Crippen LogP contribution < -0.4 is 9.54 Å². The lowest BCUT2D eigenvalue weighted by molar-refractivity contribution is -0.119. The number of aromatic nitrogens is 1. The topological polar surface area (TPSA) is 62.1 Å². The van der Waals surface area contributed by atoms with Crippen molar-refractivity contribution in [3.8, 4) is 18.1 Å². The standard InChI is InChI=1S/C16H13ClN2O4S/c1-3-6-19-13-11(21-2)5-4-10(17)14(13)24-16(19)18-15(20)12-9-22-7-8-23-12/h1,4-5,9H,6-8H2,2H3. The van der Waals surface area contributed by atoms with Crippen molar-refractivity contribution in [2.75, 3.05) is 20.3 Å². The van der Waals surface area contributed by atoms with Crippen molar-refractivity contribution < 1.29 is 19.0 Å². The molecule has 0 spiro atoms. The van der Waals surface area contributed by atoms with Crippen LogP contribution in [-0.4, -0.2) is 30.8 Å². The molecule has 0 unspecified atom stereocenters. The van der Waals surface area contributed by atoms with Gasteiger partial charge in [-0.2, -0.15) is 4.99 Å². The van der Waals surface area contributed by atoms with E-state index in [-0.39, 0.29) is 12.3 Å². The highest BCUT2D eigenvalue weighted by Gasteiger charge is 2.18. The summed E-state index contributed by atoms with van der Waals surface area (Å²) < 4.78 is 18.2. The Morgan fingerprint density at radius 1 is 1.54 bits per heavy atom. The van der Waals surface area contributed by atoms with E-state index < -0.39 is 5.91 Å². The van der Waals surface area contributed by atoms with Crippen molar-refractivity contribution >= 4 is 39.1 Å². The van der Waals surface area contributed by atoms with E-state index in [1.54, 1.807) is 23.8 Å². The fraction of sp³-hybridized carbons (Fsp3) is 0.250. The minimum Gasteiger partial charge on any atom is -0.495 e. The zero-order chi connectivity index (χ0) is 17.1. The second-order valence-electron chi connectivity index (χ2n) is 4.72. The van der Waals surface area contributed by atoms with Crippen molar-refractivity contribution in [2.24, 2.45) is 4.99 Å². The summed E-state index contributed by atoms with van der Waals surface area (Å²) in [4.78, 5) is 16.8. The SMILES string of the molecule is C#CCn1c(=NC(=O)C2=COCCO2)sc2c(Cl)ccc(OC)c21. The maximum atomic E-state index is 12.3. The molecule has 1 aliphatic rings. The number of benzene rings is 1. The molecule has 6 nitrogen and oxygen atoms in total. The lowest BCUT2D eigenvalue weighted by Gasteiger charge is -2.12. The highest BCUT2D eigenvalue weighted by atomic mass is 35.5. The molecule has 0 saturated heterocycles. The van der Waals surface area contributed by atoms with Crippen LogP contribution in [0, 0.1) is 12.3 Å². The number of carbonyl (C=O) groups is 1. The third-order valence-corrected chi connectivity index (χ3v) is 4.81. The van der Waals surface area contributed by atoms with Crippen LogP contribution in [0.1, 0.15) is 0 Å². The molecule has 3 rings (SSSR count). The van der Waals surface area contributed by atoms with E-state index in [0.717, 1.165) is 4.70 Å². The Kier molecular flexibility index (Phi) is 4.79. The van der Waals surface area contributed by atoms with E-state index in [4.69, 9.17) is 32.2 Å². The second-order valence-corrected chi connectivity index (χ2v) is 6.11. The molecule has 8 heteroatoms. The third-order valence-electron chi connectivity index (χ3n) is 3.27. The molecule has 124 valence electrons. The summed E-state index contributed by atoms with van der Waals surface area (Å²) in [6.45, 7) is 0.937. The van der Waals surface area contributed by atoms with Crippen molar-refractivity contribution in [3.05, 3.63) is 34.0 Å². The summed E-state index contributed by atoms with van der Waals surface area (Å²) >= 11 is 7.52. The van der Waals surface area contributed by atoms with Gasteiger partial charge in [0.05, 0.1) is 23.4 Å². The molecule has 0 N–H and O–H groups in total. The second kappa shape index (κ2) is 6.99. The van der Waals surface area contributed by atoms with Crippen LogP contribution in [-0.2, 0) is 20.8 Å². The number of hydrogen-bond donors (Lipinski definition) is 0. The first-order chi connectivity index (χ1) is 11.7. The van der Waals surface area contributed by atoms with E-state index in [1.807, 2.05) is 0 Å². The Morgan fingerprint density at radius 2 is 2.38 bits per heavy atom. The molecule has 0 aliphatic carbocycles. The van der Waals surface area contributed by atoms with E-state index in [1.165, 1.54) is 17.6 Å². The Hall–Kier alpha value is -2.43. The van der Waals surface area contributed by atoms with Crippen molar-refractivity contribution in [3.63, 3.8) is 0 Å². The number of amides is 1. The van der Waals surface area contributed by atoms with Crippen LogP contribution in [0.5, 0.6) is 5.75 Å². The van der Waals surface area contributed by atoms with E-state index in [0.29, 0.717) is 34.3 Å². The van der Waals surface area contributed by atoms with E-state index in [9.17, 15) is 4.79 Å². The highest BCUT2D eigenvalue weighted by molar-refractivity contribution is 7.17. The number of halogens is 1. The lowest BCUT2D eigenvalue weighted by Crippen LogP contribution is -2.20. The Labute approximate surface area is 146 Å². The quantitative estimate of drug-likeness (QED) is 0.784. The van der Waals surface area contributed by atoms with Gasteiger partial charge in [0.2, 0.25) is 5.76 Å². The molecule has 1 amide bonds. The van der Waals surface area contributed by atoms with Gasteiger partial charge in [-0.25, -0.2) is 0 Å². The van der Waals surface area contributed by atoms with Gasteiger partial charge in [0.15, 0.2) is 4.80 Å². The molecule has 0 atom stereocenters. The van der Waals surface area contributed by atoms with Crippen molar-refractivity contribution in [2.45, 2.75) is 6.54 Å². The number of terminal acetylenes is 1. The third kappa shape index (κ3) is 2.98. The summed E-state index contributed by atoms with van der Waals surface area (Å²) in [6, 6.07) is 3.47. The number of hydrogen-bond acceptors (Lipinski definition) is 5. The smallest absolute Gasteiger partial charge is 0.317 e. The summed E-state index contributed by atoms with van der Waals surface area (Å²) in [5, 5.41) is 0.534. The number of methoxy groups -OCH3 is 1. The van der Waals surface area contributed by atoms with Gasteiger partial charge >= 0.3 is 5.91 Å². The number of rotatable bonds is 3. The van der Waals surface area contributed by atoms with Crippen LogP contribution in [0.2, 0.25) is 5.02 Å². The average Bonchev–Trinajstić information content (AvgIpc) is 2.96. The maximum Gasteiger partial charge on any atom is 0.317 e. The molecule has 1 aromatic carbocycles. The summed E-state index contributed by atoms with van der Waals surface area (Å²) in [5.41, 5.74) is 0.703. The molecule has 0 fully saturated rings. The van der Waals surface area contributed by atoms with E-state index >= 15 is 0 Å². The van der Waals surface area contributed by atoms with Gasteiger partial charge in [0.1, 0.15) is 30.7 Å². The van der Waals surface area contributed by atoms with Crippen LogP contribution in [0.3, 0.4) is 0 Å². The van der Waals surface area contributed by atoms with Crippen LogP contribution in [0.4, 0.5) is 0 Å². The molecule has 0 saturated carbocycles. The first-order valence-corrected chi connectivity index (χ1v) is 8.18. The van der Waals surface area contributed by atoms with E-state index in [2.05, 4.69) is 10.9 Å². The molecular weight excluding hydrogens is 352 g/mol. The zero-order valence-corrected chi connectivity index (χ0v) is 14.3. The first kappa shape index (κ1) is 16.4. The molecule has 1 aliphatic heterocycles. The van der Waals surface area contributed by atoms with Gasteiger partial charge < -0.3 is 18.8 Å². The Bertz CT molecular complexity index is 936. The summed E-state index contributed by atoms with van der Waals surface area (Å²) in [6.07, 6.45) is 6.73. The maximum absolute atomic E-state index is 12.3. The number of thiazole rings is 1. The minimum atomic E-state index is -0.540. The van der Waals surface area contributed by atoms with Gasteiger partial charge in [-0.3, -0.25) is 4.79 Å². The van der Waals surface area contributed by atoms with Gasteiger partial charge in [-0.15, -0.1) is 6.42 Å². The molecule has 1 aromatic heterocycles. The molecule has 0 bridgehead atoms. The van der Waals surface area contributed by atoms with Gasteiger partial charge in [0, 0.05) is 0 Å². The number of nitrogens with zero attached hydrogens (tertiary/aromatic N) is 2. The Morgan fingerprint density at radius 3 is 3.04 bits per heavy atom. The van der Waals surface area contributed by atoms with Crippen molar-refractivity contribution in [1.82, 2.24) is 4.57 Å². The molecule has 0 radical (unpaired) electrons. The zero-order valence-electron chi connectivity index (χ0n) is 12.7. The first-order valence-electron chi connectivity index (χ1n) is 6.98. The lowest BCUT2D eigenvalue weighted by atomic mass is 10.3. The van der Waals surface area contributed by atoms with Gasteiger partial charge in [-0.1, -0.05) is 28.9 Å². The van der Waals surface area contributed by atoms with Crippen molar-refractivity contribution in [1.29, 1.82) is 0 Å². The minimum absolute atomic E-state index is 0.0593. The monoisotopic (exact) mass is 364 g/mol. The van der Waals surface area contributed by atoms with Gasteiger partial charge in [0.25, 0.3) is 0 Å². The summed E-state index contributed by atoms with van der Waals surface area (Å²) in [7, 11) is 1.56. The average molecular weight is 365 g/mol. The predicted octanol–water partition coefficient (Wildman–Crippen LogP) is 2.31. The molecule has 24 heavy (non-hydrogen) atoms. The molecular formula is C16H13ClN2O4S. The van der Waals surface area contributed by atoms with Crippen LogP contribution in [0.15, 0.2) is 29.1 Å². The fourth-order valence-corrected chi connectivity index (χ4v) is 3.55. The molecule has 2 heterocycles. The number of ether oxygens (including phenoxy) is 3. The normalized spacial score (nSPS) is 14.5. The Balaban J connectivity index is 2.20. The predicted molar refractivity (Wildman–Crippen MR) is 90.8 cm³/mol.